The smallest absolute Gasteiger partial charge is 0.318 e. The molecular formula is C64H76ClFN14O6. The quantitative estimate of drug-likeness (QED) is 0.0753. The number of aromatic hydroxyl groups is 2. The molecule has 7 heterocycles. The first-order chi connectivity index (χ1) is 41.6. The molecule has 452 valence electrons. The van der Waals surface area contributed by atoms with Gasteiger partial charge in [0.15, 0.2) is 5.82 Å². The molecule has 11 rings (SSSR count). The van der Waals surface area contributed by atoms with E-state index in [0.29, 0.717) is 100 Å². The number of piperidine rings is 1. The summed E-state index contributed by atoms with van der Waals surface area (Å²) in [4.78, 5) is 65.6. The van der Waals surface area contributed by atoms with Gasteiger partial charge in [0.1, 0.15) is 29.7 Å². The number of ether oxygens (including phenoxy) is 1. The van der Waals surface area contributed by atoms with Crippen LogP contribution in [0.25, 0.3) is 27.8 Å². The normalized spacial score (nSPS) is 19.9. The molecule has 5 aliphatic rings. The van der Waals surface area contributed by atoms with Crippen LogP contribution in [0.1, 0.15) is 91.8 Å². The van der Waals surface area contributed by atoms with Gasteiger partial charge in [0.25, 0.3) is 5.91 Å². The van der Waals surface area contributed by atoms with Gasteiger partial charge in [0, 0.05) is 118 Å². The third-order valence-corrected chi connectivity index (χ3v) is 18.5. The van der Waals surface area contributed by atoms with E-state index in [0.717, 1.165) is 92.1 Å². The highest BCUT2D eigenvalue weighted by molar-refractivity contribution is 6.36. The van der Waals surface area contributed by atoms with Gasteiger partial charge in [-0.3, -0.25) is 33.7 Å². The maximum atomic E-state index is 14.9. The molecule has 0 bridgehead atoms. The van der Waals surface area contributed by atoms with Gasteiger partial charge in [-0.05, 0) is 118 Å². The van der Waals surface area contributed by atoms with Crippen LogP contribution in [0.4, 0.5) is 15.9 Å². The molecule has 3 amide bonds. The lowest BCUT2D eigenvalue weighted by Crippen LogP contribution is -2.55. The fourth-order valence-corrected chi connectivity index (χ4v) is 13.5. The number of phenols is 2. The first-order valence-electron chi connectivity index (χ1n) is 30.1. The van der Waals surface area contributed by atoms with Crippen LogP contribution in [-0.2, 0) is 29.1 Å². The Bertz CT molecular complexity index is 3540. The van der Waals surface area contributed by atoms with Gasteiger partial charge in [-0.15, -0.1) is 10.2 Å². The van der Waals surface area contributed by atoms with Gasteiger partial charge in [-0.2, -0.15) is 15.2 Å². The minimum Gasteiger partial charge on any atom is -0.508 e. The van der Waals surface area contributed by atoms with Crippen molar-refractivity contribution >= 4 is 51.6 Å². The van der Waals surface area contributed by atoms with Crippen molar-refractivity contribution in [3.05, 3.63) is 118 Å². The van der Waals surface area contributed by atoms with Crippen molar-refractivity contribution < 1.29 is 33.7 Å². The summed E-state index contributed by atoms with van der Waals surface area (Å²) < 4.78 is 23.1. The molecule has 2 aromatic heterocycles. The summed E-state index contributed by atoms with van der Waals surface area (Å²) in [6, 6.07) is 22.5. The van der Waals surface area contributed by atoms with Crippen molar-refractivity contribution in [2.45, 2.75) is 96.4 Å². The third-order valence-electron chi connectivity index (χ3n) is 18.1. The van der Waals surface area contributed by atoms with Crippen LogP contribution in [0, 0.1) is 23.1 Å². The van der Waals surface area contributed by atoms with Crippen molar-refractivity contribution in [1.82, 2.24) is 54.5 Å². The zero-order valence-corrected chi connectivity index (χ0v) is 50.2. The molecule has 0 unspecified atom stereocenters. The van der Waals surface area contributed by atoms with Crippen LogP contribution in [0.3, 0.4) is 0 Å². The largest absolute Gasteiger partial charge is 0.508 e. The van der Waals surface area contributed by atoms with Gasteiger partial charge in [-0.1, -0.05) is 62.4 Å². The summed E-state index contributed by atoms with van der Waals surface area (Å²) in [6.45, 7) is 18.8. The first-order valence-corrected chi connectivity index (χ1v) is 30.5. The number of fused-ring (bicyclic) bond motifs is 2. The number of phenolic OH excluding ortho intramolecular Hbond substituents is 2. The summed E-state index contributed by atoms with van der Waals surface area (Å²) in [5.41, 5.74) is 5.33. The Morgan fingerprint density at radius 1 is 0.884 bits per heavy atom. The Morgan fingerprint density at radius 3 is 2.38 bits per heavy atom. The number of amides is 3. The molecule has 3 N–H and O–H groups in total. The highest BCUT2D eigenvalue weighted by atomic mass is 35.5. The van der Waals surface area contributed by atoms with E-state index in [9.17, 15) is 34.2 Å². The van der Waals surface area contributed by atoms with Crippen molar-refractivity contribution in [1.29, 1.82) is 5.26 Å². The summed E-state index contributed by atoms with van der Waals surface area (Å²) >= 11 is 6.63. The van der Waals surface area contributed by atoms with E-state index in [1.807, 2.05) is 63.2 Å². The summed E-state index contributed by atoms with van der Waals surface area (Å²) in [7, 11) is 2.16. The van der Waals surface area contributed by atoms with E-state index in [1.54, 1.807) is 21.6 Å². The average molecular weight is 1190 g/mol. The van der Waals surface area contributed by atoms with E-state index in [1.165, 1.54) is 18.2 Å². The lowest BCUT2D eigenvalue weighted by Gasteiger charge is -2.42. The molecule has 4 fully saturated rings. The van der Waals surface area contributed by atoms with Crippen LogP contribution in [0.15, 0.2) is 79.4 Å². The van der Waals surface area contributed by atoms with Crippen LogP contribution >= 0.6 is 11.6 Å². The van der Waals surface area contributed by atoms with Crippen LogP contribution in [0.2, 0.25) is 5.02 Å². The molecule has 86 heavy (non-hydrogen) atoms. The fraction of sp³-hybridized carbons (Fsp3) is 0.469. The number of piperazine rings is 2. The molecule has 0 radical (unpaired) electrons. The minimum absolute atomic E-state index is 0.0173. The summed E-state index contributed by atoms with van der Waals surface area (Å²) in [6.07, 6.45) is 5.61. The number of nitrogens with zero attached hydrogens (tertiary/aromatic N) is 13. The van der Waals surface area contributed by atoms with Crippen LogP contribution in [0.5, 0.6) is 17.5 Å². The van der Waals surface area contributed by atoms with Crippen molar-refractivity contribution in [3.63, 3.8) is 0 Å². The molecule has 3 atom stereocenters. The molecule has 4 saturated heterocycles. The molecule has 0 saturated carbocycles. The van der Waals surface area contributed by atoms with Gasteiger partial charge < -0.3 is 39.9 Å². The van der Waals surface area contributed by atoms with Crippen molar-refractivity contribution in [2.75, 3.05) is 102 Å². The predicted molar refractivity (Wildman–Crippen MR) is 327 cm³/mol. The zero-order valence-electron chi connectivity index (χ0n) is 49.5. The highest BCUT2D eigenvalue weighted by Gasteiger charge is 2.37. The highest BCUT2D eigenvalue weighted by Crippen LogP contribution is 2.41. The van der Waals surface area contributed by atoms with E-state index < -0.39 is 11.7 Å². The number of carbonyl (C=O) groups excluding carboxylic acids is 3. The molecular weight excluding hydrogens is 1120 g/mol. The van der Waals surface area contributed by atoms with Crippen LogP contribution < -0.4 is 19.9 Å². The van der Waals surface area contributed by atoms with Gasteiger partial charge >= 0.3 is 6.01 Å². The Labute approximate surface area is 506 Å². The second-order valence-electron chi connectivity index (χ2n) is 23.7. The second kappa shape index (κ2) is 26.0. The summed E-state index contributed by atoms with van der Waals surface area (Å²) in [5.74, 6) is 0.0341. The predicted octanol–water partition coefficient (Wildman–Crippen LogP) is 7.53. The van der Waals surface area contributed by atoms with Crippen molar-refractivity contribution in [2.24, 2.45) is 5.92 Å². The number of nitrogens with one attached hydrogen (secondary N) is 1. The Morgan fingerprint density at radius 2 is 1.65 bits per heavy atom. The van der Waals surface area contributed by atoms with Crippen LogP contribution in [-0.4, -0.2) is 187 Å². The van der Waals surface area contributed by atoms with E-state index in [2.05, 4.69) is 64.6 Å². The Balaban J connectivity index is 0.680. The maximum Gasteiger partial charge on any atom is 0.318 e. The molecule has 0 spiro atoms. The SMILES string of the molecule is C=CC(=O)N1CCN(c2nc(OC[C@@H]3CC[C@H](CN4CCN(C(=O)C5CCN(Cc6ccc(-n7c(C(=O)NCC)nnc7-c7cc(C(C)C)c(O)cc7O)cc6)CC5)CC4)N3C)nc3c2CCN(c2cccc4ccc(F)c(Cl)c24)C3)C[C@@H]1CC#N. The fourth-order valence-electron chi connectivity index (χ4n) is 13.3. The minimum atomic E-state index is -0.474. The number of hydrogen-bond donors (Lipinski definition) is 3. The standard InChI is InChI=1S/C64H76ClFN14O6/c1-6-56(83)79-32-31-78(37-46(79)19-23-67)59-48-22-26-77(53-10-8-9-42-13-18-51(66)58(65)57(42)53)38-52(48)69-64(70-59)86-39-47-17-16-45(73(47)5)36-75-27-29-76(30-28-75)63(85)43-20-24-74(25-21-43)35-41-11-14-44(15-12-41)80-60(71-72-61(80)62(84)68-7-2)50-33-49(40(3)4)54(81)34-55(50)82/h6,8-15,18,33-34,40,43,45-47,81-82H,1,7,16-17,19-22,24-32,35-39H2,2-5H3,(H,68,84)/t45-,46+,47+/m1/s1. The number of benzene rings is 4. The number of halogens is 2. The molecule has 0 aliphatic carbocycles. The molecule has 6 aromatic rings. The number of likely N-dealkylation sites (N-methyl/N-ethyl adjacent to an activating group) is 1. The number of nitriles is 1. The third kappa shape index (κ3) is 12.4. The lowest BCUT2D eigenvalue weighted by atomic mass is 9.94. The zero-order chi connectivity index (χ0) is 60.3. The molecule has 20 nitrogen and oxygen atoms in total. The van der Waals surface area contributed by atoms with Gasteiger partial charge in [-0.25, -0.2) is 4.39 Å². The Hall–Kier alpha value is -7.90. The van der Waals surface area contributed by atoms with Gasteiger partial charge in [0.05, 0.1) is 41.4 Å². The maximum absolute atomic E-state index is 14.9. The monoisotopic (exact) mass is 1190 g/mol. The lowest BCUT2D eigenvalue weighted by molar-refractivity contribution is -0.139. The summed E-state index contributed by atoms with van der Waals surface area (Å²) in [5, 5.41) is 44.3. The average Bonchev–Trinajstić information content (AvgIpc) is 1.61. The van der Waals surface area contributed by atoms with Crippen molar-refractivity contribution in [3.8, 4) is 40.7 Å². The van der Waals surface area contributed by atoms with E-state index in [4.69, 9.17) is 26.3 Å². The van der Waals surface area contributed by atoms with Gasteiger partial charge in [0.2, 0.25) is 17.6 Å². The topological polar surface area (TPSA) is 216 Å². The first kappa shape index (κ1) is 59.8. The second-order valence-corrected chi connectivity index (χ2v) is 24.1. The molecule has 5 aliphatic heterocycles. The Kier molecular flexibility index (Phi) is 18.1. The molecule has 4 aromatic carbocycles. The number of carbonyl (C=O) groups is 3. The van der Waals surface area contributed by atoms with E-state index in [-0.39, 0.29) is 76.3 Å². The molecule has 22 heteroatoms. The van der Waals surface area contributed by atoms with E-state index >= 15 is 0 Å². The number of anilines is 2. The number of rotatable bonds is 17. The number of hydrogen-bond acceptors (Lipinski definition) is 16. The number of aromatic nitrogens is 5. The number of likely N-dealkylation sites (tertiary alicyclic amines) is 2.